The molecule has 1 N–H and O–H groups in total. The van der Waals surface area contributed by atoms with E-state index in [1.807, 2.05) is 6.07 Å². The van der Waals surface area contributed by atoms with Crippen molar-refractivity contribution in [2.75, 3.05) is 7.11 Å². The minimum absolute atomic E-state index is 0.180. The molecule has 2 saturated carbocycles. The second kappa shape index (κ2) is 6.03. The number of hydrogen-bond acceptors (Lipinski definition) is 3. The van der Waals surface area contributed by atoms with Gasteiger partial charge in [0.1, 0.15) is 6.29 Å². The van der Waals surface area contributed by atoms with Gasteiger partial charge in [-0.3, -0.25) is 0 Å². The van der Waals surface area contributed by atoms with Crippen LogP contribution in [0.4, 0.5) is 0 Å². The van der Waals surface area contributed by atoms with E-state index in [2.05, 4.69) is 19.9 Å². The van der Waals surface area contributed by atoms with Gasteiger partial charge in [-0.05, 0) is 90.9 Å². The van der Waals surface area contributed by atoms with Crippen molar-refractivity contribution in [2.24, 2.45) is 29.1 Å². The Kier molecular flexibility index (Phi) is 4.09. The van der Waals surface area contributed by atoms with E-state index >= 15 is 0 Å². The van der Waals surface area contributed by atoms with Crippen LogP contribution in [-0.2, 0) is 11.2 Å². The number of aryl methyl sites for hydroxylation is 1. The largest absolute Gasteiger partial charge is 0.504 e. The molecule has 0 aliphatic heterocycles. The minimum atomic E-state index is 0.180. The normalized spacial score (nSPS) is 37.6. The second-order valence-electron chi connectivity index (χ2n) is 8.86. The summed E-state index contributed by atoms with van der Waals surface area (Å²) in [7, 11) is 1.63. The van der Waals surface area contributed by atoms with Gasteiger partial charge >= 0.3 is 0 Å². The number of aromatic hydroxyl groups is 1. The van der Waals surface area contributed by atoms with E-state index in [0.29, 0.717) is 28.9 Å². The predicted molar refractivity (Wildman–Crippen MR) is 98.0 cm³/mol. The zero-order valence-electron chi connectivity index (χ0n) is 15.6. The number of rotatable bonds is 3. The number of phenolic OH excluding ortho intramolecular Hbond substituents is 1. The maximum absolute atomic E-state index is 11.4. The summed E-state index contributed by atoms with van der Waals surface area (Å²) in [6.07, 6.45) is 8.32. The Hall–Kier alpha value is -1.51. The van der Waals surface area contributed by atoms with Crippen molar-refractivity contribution in [3.05, 3.63) is 23.3 Å². The summed E-state index contributed by atoms with van der Waals surface area (Å²) in [4.78, 5) is 11.4. The Balaban J connectivity index is 1.67. The van der Waals surface area contributed by atoms with Crippen LogP contribution in [0.2, 0.25) is 0 Å². The lowest BCUT2D eigenvalue weighted by molar-refractivity contribution is -0.114. The Morgan fingerprint density at radius 1 is 1.28 bits per heavy atom. The molecule has 1 unspecified atom stereocenters. The van der Waals surface area contributed by atoms with Crippen molar-refractivity contribution in [1.82, 2.24) is 0 Å². The molecule has 2 fully saturated rings. The molecule has 0 amide bonds. The van der Waals surface area contributed by atoms with Crippen molar-refractivity contribution < 1.29 is 14.6 Å². The fourth-order valence-corrected chi connectivity index (χ4v) is 6.75. The van der Waals surface area contributed by atoms with Gasteiger partial charge in [0, 0.05) is 5.92 Å². The third kappa shape index (κ3) is 2.42. The zero-order chi connectivity index (χ0) is 17.8. The lowest BCUT2D eigenvalue weighted by Gasteiger charge is -2.51. The van der Waals surface area contributed by atoms with E-state index in [4.69, 9.17) is 4.74 Å². The Labute approximate surface area is 150 Å². The summed E-state index contributed by atoms with van der Waals surface area (Å²) in [6.45, 7) is 4.57. The van der Waals surface area contributed by atoms with Gasteiger partial charge in [0.25, 0.3) is 0 Å². The van der Waals surface area contributed by atoms with Crippen LogP contribution in [0.25, 0.3) is 0 Å². The maximum Gasteiger partial charge on any atom is 0.160 e. The Morgan fingerprint density at radius 3 is 2.80 bits per heavy atom. The van der Waals surface area contributed by atoms with Crippen LogP contribution in [0.15, 0.2) is 12.1 Å². The number of hydrogen-bond donors (Lipinski definition) is 1. The molecule has 3 heteroatoms. The molecule has 0 radical (unpaired) electrons. The third-order valence-electron chi connectivity index (χ3n) is 7.95. The van der Waals surface area contributed by atoms with Crippen LogP contribution in [0.1, 0.15) is 63.0 Å². The van der Waals surface area contributed by atoms with Gasteiger partial charge < -0.3 is 14.6 Å². The topological polar surface area (TPSA) is 46.5 Å². The molecule has 1 aromatic carbocycles. The lowest BCUT2D eigenvalue weighted by atomic mass is 9.53. The van der Waals surface area contributed by atoms with E-state index in [1.165, 1.54) is 49.5 Å². The Bertz CT molecular complexity index is 682. The van der Waals surface area contributed by atoms with Crippen LogP contribution in [0.3, 0.4) is 0 Å². The van der Waals surface area contributed by atoms with Crippen LogP contribution in [0, 0.1) is 29.1 Å². The van der Waals surface area contributed by atoms with Crippen molar-refractivity contribution in [3.63, 3.8) is 0 Å². The van der Waals surface area contributed by atoms with Gasteiger partial charge in [0.15, 0.2) is 11.5 Å². The molecular formula is C22H30O3. The van der Waals surface area contributed by atoms with Crippen LogP contribution < -0.4 is 4.74 Å². The molecule has 4 rings (SSSR count). The van der Waals surface area contributed by atoms with Crippen LogP contribution in [0.5, 0.6) is 11.5 Å². The van der Waals surface area contributed by atoms with Crippen molar-refractivity contribution in [3.8, 4) is 11.5 Å². The van der Waals surface area contributed by atoms with Crippen molar-refractivity contribution in [1.29, 1.82) is 0 Å². The molecule has 3 nitrogen and oxygen atoms in total. The lowest BCUT2D eigenvalue weighted by Crippen LogP contribution is -2.43. The highest BCUT2D eigenvalue weighted by molar-refractivity contribution is 5.54. The molecule has 6 atom stereocenters. The number of benzene rings is 1. The van der Waals surface area contributed by atoms with Gasteiger partial charge in [-0.2, -0.15) is 0 Å². The first kappa shape index (κ1) is 16.9. The summed E-state index contributed by atoms with van der Waals surface area (Å²) in [6, 6.07) is 4.01. The standard InChI is InChI=1S/C22H30O3/c1-13(12-23)18-6-7-19-16-5-4-14-10-20(24)21(25-3)11-17(14)15(16)8-9-22(18,19)2/h10-13,15-16,18-19,24H,4-9H2,1-3H3/t13?,15-,16+,18+,19-,22+/m0/s1. The number of aldehydes is 1. The first-order chi connectivity index (χ1) is 12.0. The molecule has 0 heterocycles. The molecule has 0 spiro atoms. The second-order valence-corrected chi connectivity index (χ2v) is 8.86. The van der Waals surface area contributed by atoms with Gasteiger partial charge in [-0.25, -0.2) is 0 Å². The van der Waals surface area contributed by atoms with E-state index in [0.717, 1.165) is 12.3 Å². The fraction of sp³-hybridized carbons (Fsp3) is 0.682. The molecule has 1 aromatic rings. The fourth-order valence-electron chi connectivity index (χ4n) is 6.75. The van der Waals surface area contributed by atoms with Gasteiger partial charge in [-0.1, -0.05) is 13.8 Å². The van der Waals surface area contributed by atoms with Crippen LogP contribution >= 0.6 is 0 Å². The minimum Gasteiger partial charge on any atom is -0.504 e. The average Bonchev–Trinajstić information content (AvgIpc) is 2.97. The van der Waals surface area contributed by atoms with E-state index < -0.39 is 0 Å². The molecular weight excluding hydrogens is 312 g/mol. The quantitative estimate of drug-likeness (QED) is 0.809. The summed E-state index contributed by atoms with van der Waals surface area (Å²) in [5, 5.41) is 10.1. The zero-order valence-corrected chi connectivity index (χ0v) is 15.6. The summed E-state index contributed by atoms with van der Waals surface area (Å²) in [5.41, 5.74) is 3.03. The van der Waals surface area contributed by atoms with E-state index in [1.54, 1.807) is 7.11 Å². The van der Waals surface area contributed by atoms with E-state index in [9.17, 15) is 9.90 Å². The number of carbonyl (C=O) groups is 1. The summed E-state index contributed by atoms with van der Waals surface area (Å²) in [5.74, 6) is 3.62. The first-order valence-corrected chi connectivity index (χ1v) is 9.84. The summed E-state index contributed by atoms with van der Waals surface area (Å²) < 4.78 is 5.37. The molecule has 3 aliphatic rings. The number of fused-ring (bicyclic) bond motifs is 5. The van der Waals surface area contributed by atoms with Crippen molar-refractivity contribution in [2.45, 2.75) is 58.3 Å². The highest BCUT2D eigenvalue weighted by Crippen LogP contribution is 2.64. The first-order valence-electron chi connectivity index (χ1n) is 9.84. The van der Waals surface area contributed by atoms with Gasteiger partial charge in [0.2, 0.25) is 0 Å². The predicted octanol–water partition coefficient (Wildman–Crippen LogP) is 4.71. The Morgan fingerprint density at radius 2 is 2.08 bits per heavy atom. The highest BCUT2D eigenvalue weighted by Gasteiger charge is 2.55. The number of ether oxygens (including phenoxy) is 1. The molecule has 0 aromatic heterocycles. The molecule has 3 aliphatic carbocycles. The number of phenols is 1. The summed E-state index contributed by atoms with van der Waals surface area (Å²) >= 11 is 0. The average molecular weight is 342 g/mol. The molecule has 0 bridgehead atoms. The SMILES string of the molecule is COc1cc2c(cc1O)CC[C@@H]1[C@@H]2CC[C@]2(C)[C@@H](C(C)C=O)CC[C@@H]12. The number of carbonyl (C=O) groups excluding carboxylic acids is 1. The van der Waals surface area contributed by atoms with Gasteiger partial charge in [0.05, 0.1) is 7.11 Å². The number of methoxy groups -OCH3 is 1. The molecule has 25 heavy (non-hydrogen) atoms. The maximum atomic E-state index is 11.4. The molecule has 136 valence electrons. The van der Waals surface area contributed by atoms with Gasteiger partial charge in [-0.15, -0.1) is 0 Å². The third-order valence-corrected chi connectivity index (χ3v) is 7.95. The highest BCUT2D eigenvalue weighted by atomic mass is 16.5. The monoisotopic (exact) mass is 342 g/mol. The van der Waals surface area contributed by atoms with Crippen LogP contribution in [-0.4, -0.2) is 18.5 Å². The smallest absolute Gasteiger partial charge is 0.160 e. The van der Waals surface area contributed by atoms with Crippen molar-refractivity contribution >= 4 is 6.29 Å². The molecule has 0 saturated heterocycles. The van der Waals surface area contributed by atoms with E-state index in [-0.39, 0.29) is 11.7 Å².